The summed E-state index contributed by atoms with van der Waals surface area (Å²) in [5.41, 5.74) is 9.25. The lowest BCUT2D eigenvalue weighted by Crippen LogP contribution is -2.24. The molecule has 3 aromatic rings. The van der Waals surface area contributed by atoms with Crippen molar-refractivity contribution in [3.8, 4) is 11.1 Å². The van der Waals surface area contributed by atoms with Crippen molar-refractivity contribution >= 4 is 34.8 Å². The summed E-state index contributed by atoms with van der Waals surface area (Å²) in [6, 6.07) is 12.6. The van der Waals surface area contributed by atoms with Crippen molar-refractivity contribution in [1.82, 2.24) is 9.97 Å². The Morgan fingerprint density at radius 2 is 1.87 bits per heavy atom. The second-order valence-electron chi connectivity index (χ2n) is 6.92. The van der Waals surface area contributed by atoms with Gasteiger partial charge >= 0.3 is 0 Å². The average Bonchev–Trinajstić information content (AvgIpc) is 2.77. The first kappa shape index (κ1) is 21.5. The summed E-state index contributed by atoms with van der Waals surface area (Å²) < 4.78 is 0. The van der Waals surface area contributed by atoms with Crippen LogP contribution in [0, 0.1) is 0 Å². The molecule has 0 unspecified atom stereocenters. The number of ketones is 1. The van der Waals surface area contributed by atoms with E-state index in [2.05, 4.69) is 9.97 Å². The van der Waals surface area contributed by atoms with Gasteiger partial charge in [-0.2, -0.15) is 0 Å². The summed E-state index contributed by atoms with van der Waals surface area (Å²) in [5, 5.41) is 0.514. The zero-order chi connectivity index (χ0) is 21.7. The van der Waals surface area contributed by atoms with Crippen LogP contribution in [0.5, 0.6) is 0 Å². The number of aryl methyl sites for hydroxylation is 1. The lowest BCUT2D eigenvalue weighted by molar-refractivity contribution is -0.118. The van der Waals surface area contributed by atoms with Gasteiger partial charge < -0.3 is 10.6 Å². The monoisotopic (exact) mass is 422 g/mol. The first-order valence-electron chi connectivity index (χ1n) is 9.65. The largest absolute Gasteiger partial charge is 0.384 e. The quantitative estimate of drug-likeness (QED) is 0.563. The van der Waals surface area contributed by atoms with Gasteiger partial charge in [0.1, 0.15) is 11.5 Å². The molecule has 0 fully saturated rings. The molecule has 6 nitrogen and oxygen atoms in total. The number of anilines is 2. The van der Waals surface area contributed by atoms with Crippen molar-refractivity contribution in [2.45, 2.75) is 26.2 Å². The van der Waals surface area contributed by atoms with Crippen molar-refractivity contribution < 1.29 is 9.59 Å². The lowest BCUT2D eigenvalue weighted by Gasteiger charge is -2.17. The van der Waals surface area contributed by atoms with E-state index in [-0.39, 0.29) is 11.7 Å². The number of nitrogen functional groups attached to an aromatic ring is 1. The number of rotatable bonds is 7. The van der Waals surface area contributed by atoms with E-state index in [0.29, 0.717) is 35.8 Å². The van der Waals surface area contributed by atoms with Gasteiger partial charge in [0.25, 0.3) is 0 Å². The number of halogens is 1. The summed E-state index contributed by atoms with van der Waals surface area (Å²) in [6.45, 7) is 1.82. The molecule has 2 aromatic heterocycles. The van der Waals surface area contributed by atoms with Crippen molar-refractivity contribution in [2.75, 3.05) is 17.7 Å². The van der Waals surface area contributed by atoms with E-state index in [1.54, 1.807) is 42.5 Å². The van der Waals surface area contributed by atoms with Crippen LogP contribution in [0.1, 0.15) is 35.8 Å². The molecular formula is C23H23ClN4O2. The molecule has 2 heterocycles. The molecule has 0 aliphatic carbocycles. The molecule has 0 bridgehead atoms. The molecule has 0 radical (unpaired) electrons. The molecule has 2 N–H and O–H groups in total. The molecule has 0 aliphatic heterocycles. The minimum atomic E-state index is -0.0421. The number of Topliss-reactive ketones (excluding diaryl/α,β-unsaturated/α-hetero) is 1. The van der Waals surface area contributed by atoms with Gasteiger partial charge in [-0.1, -0.05) is 36.7 Å². The Morgan fingerprint density at radius 3 is 2.47 bits per heavy atom. The number of nitrogens with zero attached hydrogens (tertiary/aromatic N) is 3. The van der Waals surface area contributed by atoms with Gasteiger partial charge in [0.15, 0.2) is 5.78 Å². The molecular weight excluding hydrogens is 400 g/mol. The number of benzene rings is 1. The summed E-state index contributed by atoms with van der Waals surface area (Å²) in [6.07, 6.45) is 4.65. The number of carbonyl (C=O) groups excluding carboxylic acids is 2. The van der Waals surface area contributed by atoms with Crippen LogP contribution in [0.25, 0.3) is 11.1 Å². The second-order valence-corrected chi connectivity index (χ2v) is 7.32. The highest BCUT2D eigenvalue weighted by molar-refractivity contribution is 6.33. The highest BCUT2D eigenvalue weighted by atomic mass is 35.5. The molecule has 7 heteroatoms. The van der Waals surface area contributed by atoms with Gasteiger partial charge in [-0.25, -0.2) is 4.98 Å². The Labute approximate surface area is 180 Å². The number of amides is 1. The van der Waals surface area contributed by atoms with E-state index in [1.807, 2.05) is 31.2 Å². The van der Waals surface area contributed by atoms with E-state index in [0.717, 1.165) is 22.4 Å². The van der Waals surface area contributed by atoms with Crippen LogP contribution < -0.4 is 10.6 Å². The van der Waals surface area contributed by atoms with Crippen LogP contribution in [-0.4, -0.2) is 28.7 Å². The number of aromatic nitrogens is 2. The second kappa shape index (κ2) is 9.50. The predicted octanol–water partition coefficient (Wildman–Crippen LogP) is 4.57. The van der Waals surface area contributed by atoms with E-state index >= 15 is 0 Å². The van der Waals surface area contributed by atoms with Crippen LogP contribution in [0.15, 0.2) is 54.9 Å². The van der Waals surface area contributed by atoms with Gasteiger partial charge in [0.2, 0.25) is 5.91 Å². The van der Waals surface area contributed by atoms with E-state index in [9.17, 15) is 9.59 Å². The fraction of sp³-hybridized carbons (Fsp3) is 0.217. The molecule has 0 aliphatic rings. The zero-order valence-corrected chi connectivity index (χ0v) is 17.7. The maximum absolute atomic E-state index is 12.4. The third-order valence-corrected chi connectivity index (χ3v) is 5.18. The van der Waals surface area contributed by atoms with Crippen LogP contribution in [0.4, 0.5) is 11.5 Å². The van der Waals surface area contributed by atoms with Crippen molar-refractivity contribution in [3.63, 3.8) is 0 Å². The number of hydrogen-bond acceptors (Lipinski definition) is 5. The van der Waals surface area contributed by atoms with Crippen molar-refractivity contribution in [3.05, 3.63) is 71.1 Å². The molecule has 154 valence electrons. The number of hydrogen-bond donors (Lipinski definition) is 1. The van der Waals surface area contributed by atoms with Gasteiger partial charge in [-0.05, 0) is 36.2 Å². The summed E-state index contributed by atoms with van der Waals surface area (Å²) in [7, 11) is 1.72. The minimum Gasteiger partial charge on any atom is -0.384 e. The molecule has 3 rings (SSSR count). The molecule has 0 saturated heterocycles. The Balaban J connectivity index is 1.69. The van der Waals surface area contributed by atoms with Gasteiger partial charge in [0.05, 0.1) is 5.02 Å². The van der Waals surface area contributed by atoms with Crippen molar-refractivity contribution in [2.24, 2.45) is 0 Å². The minimum absolute atomic E-state index is 0.0121. The van der Waals surface area contributed by atoms with Gasteiger partial charge in [-0.15, -0.1) is 0 Å². The number of nitrogens with two attached hydrogens (primary N) is 1. The summed E-state index contributed by atoms with van der Waals surface area (Å²) >= 11 is 6.44. The maximum atomic E-state index is 12.4. The SMILES string of the molecule is CCC(=O)N(C)c1ccc(-c2ccc(C(=O)CCc3ccc(N)nc3)nc2)c(Cl)c1. The predicted molar refractivity (Wildman–Crippen MR) is 120 cm³/mol. The average molecular weight is 423 g/mol. The zero-order valence-electron chi connectivity index (χ0n) is 16.9. The fourth-order valence-corrected chi connectivity index (χ4v) is 3.30. The third-order valence-electron chi connectivity index (χ3n) is 4.87. The maximum Gasteiger partial charge on any atom is 0.226 e. The topological polar surface area (TPSA) is 89.2 Å². The molecule has 30 heavy (non-hydrogen) atoms. The lowest BCUT2D eigenvalue weighted by atomic mass is 10.0. The molecule has 1 amide bonds. The Bertz CT molecular complexity index is 1050. The van der Waals surface area contributed by atoms with Crippen molar-refractivity contribution in [1.29, 1.82) is 0 Å². The smallest absolute Gasteiger partial charge is 0.226 e. The molecule has 0 atom stereocenters. The summed E-state index contributed by atoms with van der Waals surface area (Å²) in [5.74, 6) is 0.426. The van der Waals surface area contributed by atoms with E-state index in [1.165, 1.54) is 0 Å². The first-order chi connectivity index (χ1) is 14.4. The number of carbonyl (C=O) groups is 2. The van der Waals surface area contributed by atoms with E-state index in [4.69, 9.17) is 17.3 Å². The Kier molecular flexibility index (Phi) is 6.79. The fourth-order valence-electron chi connectivity index (χ4n) is 3.02. The van der Waals surface area contributed by atoms with Gasteiger partial charge in [0, 0.05) is 49.1 Å². The van der Waals surface area contributed by atoms with Crippen LogP contribution in [-0.2, 0) is 11.2 Å². The highest BCUT2D eigenvalue weighted by Crippen LogP contribution is 2.31. The van der Waals surface area contributed by atoms with Crippen LogP contribution >= 0.6 is 11.6 Å². The number of pyridine rings is 2. The van der Waals surface area contributed by atoms with E-state index < -0.39 is 0 Å². The third kappa shape index (κ3) is 5.02. The van der Waals surface area contributed by atoms with Crippen LogP contribution in [0.2, 0.25) is 5.02 Å². The normalized spacial score (nSPS) is 10.6. The Morgan fingerprint density at radius 1 is 1.07 bits per heavy atom. The highest BCUT2D eigenvalue weighted by Gasteiger charge is 2.13. The molecule has 0 saturated carbocycles. The first-order valence-corrected chi connectivity index (χ1v) is 10.0. The Hall–Kier alpha value is -3.25. The van der Waals surface area contributed by atoms with Crippen LogP contribution in [0.3, 0.4) is 0 Å². The molecule has 0 spiro atoms. The standard InChI is InChI=1S/C23H23ClN4O2/c1-3-23(30)28(2)17-7-8-18(19(24)12-17)16-6-9-20(26-14-16)21(29)10-4-15-5-11-22(25)27-13-15/h5-9,11-14H,3-4,10H2,1-2H3,(H2,25,27). The van der Waals surface area contributed by atoms with Gasteiger partial charge in [-0.3, -0.25) is 14.6 Å². The molecule has 1 aromatic carbocycles. The summed E-state index contributed by atoms with van der Waals surface area (Å²) in [4.78, 5) is 34.2.